The second-order valence-electron chi connectivity index (χ2n) is 7.76. The molecule has 1 unspecified atom stereocenters. The van der Waals surface area contributed by atoms with Crippen molar-refractivity contribution < 1.29 is 4.39 Å². The predicted octanol–water partition coefficient (Wildman–Crippen LogP) is 3.89. The highest BCUT2D eigenvalue weighted by Gasteiger charge is 2.35. The summed E-state index contributed by atoms with van der Waals surface area (Å²) in [6.07, 6.45) is 2.45. The molecule has 29 heavy (non-hydrogen) atoms. The van der Waals surface area contributed by atoms with Gasteiger partial charge in [-0.2, -0.15) is 10.2 Å². The van der Waals surface area contributed by atoms with Crippen molar-refractivity contribution in [1.82, 2.24) is 24.8 Å². The Morgan fingerprint density at radius 2 is 2.00 bits per heavy atom. The van der Waals surface area contributed by atoms with Crippen molar-refractivity contribution in [2.24, 2.45) is 11.7 Å². The molecular formula is C21H24FN7. The van der Waals surface area contributed by atoms with Crippen LogP contribution in [0.25, 0.3) is 5.52 Å². The molecule has 0 amide bonds. The summed E-state index contributed by atoms with van der Waals surface area (Å²) in [6, 6.07) is 11.9. The maximum absolute atomic E-state index is 13.5. The molecule has 150 valence electrons. The van der Waals surface area contributed by atoms with E-state index >= 15 is 0 Å². The number of H-pyrrole nitrogens is 1. The number of nitrogens with zero attached hydrogens (tertiary/aromatic N) is 4. The molecule has 0 spiro atoms. The third kappa shape index (κ3) is 3.71. The first-order valence-electron chi connectivity index (χ1n) is 9.55. The van der Waals surface area contributed by atoms with Gasteiger partial charge in [0.1, 0.15) is 16.9 Å². The summed E-state index contributed by atoms with van der Waals surface area (Å²) in [5.41, 5.74) is 8.44. The number of aromatic amines is 1. The Kier molecular flexibility index (Phi) is 4.79. The first-order valence-corrected chi connectivity index (χ1v) is 9.55. The number of nitrogens with two attached hydrogens (primary N) is 1. The Balaban J connectivity index is 1.86. The molecule has 1 atom stereocenters. The normalized spacial score (nSPS) is 13.7. The maximum atomic E-state index is 13.5. The van der Waals surface area contributed by atoms with Gasteiger partial charge >= 0.3 is 0 Å². The van der Waals surface area contributed by atoms with Gasteiger partial charge in [0.05, 0.1) is 0 Å². The number of rotatable bonds is 6. The lowest BCUT2D eigenvalue weighted by molar-refractivity contribution is 0.385. The third-order valence-electron chi connectivity index (χ3n) is 4.83. The number of hydrogen-bond donors (Lipinski definition) is 3. The van der Waals surface area contributed by atoms with Crippen molar-refractivity contribution in [2.45, 2.75) is 32.7 Å². The van der Waals surface area contributed by atoms with Gasteiger partial charge in [0.15, 0.2) is 17.5 Å². The van der Waals surface area contributed by atoms with Crippen LogP contribution in [-0.2, 0) is 5.54 Å². The molecule has 3 aromatic heterocycles. The molecule has 0 aliphatic rings. The summed E-state index contributed by atoms with van der Waals surface area (Å²) < 4.78 is 15.3. The molecule has 8 heteroatoms. The minimum Gasteiger partial charge on any atom is -0.322 e. The number of aromatic nitrogens is 5. The van der Waals surface area contributed by atoms with Crippen LogP contribution >= 0.6 is 0 Å². The topological polar surface area (TPSA) is 96.9 Å². The lowest BCUT2D eigenvalue weighted by atomic mass is 9.82. The van der Waals surface area contributed by atoms with Crippen molar-refractivity contribution in [2.75, 3.05) is 5.32 Å². The number of nitrogens with one attached hydrogen (secondary N) is 2. The van der Waals surface area contributed by atoms with E-state index in [2.05, 4.69) is 34.5 Å². The van der Waals surface area contributed by atoms with Crippen LogP contribution < -0.4 is 11.1 Å². The highest BCUT2D eigenvalue weighted by molar-refractivity contribution is 5.72. The molecule has 1 aromatic carbocycles. The fraction of sp³-hybridized carbons (Fsp3) is 0.286. The number of anilines is 2. The van der Waals surface area contributed by atoms with E-state index in [1.54, 1.807) is 16.6 Å². The molecule has 0 aliphatic carbocycles. The fourth-order valence-electron chi connectivity index (χ4n) is 3.55. The van der Waals surface area contributed by atoms with Crippen molar-refractivity contribution in [3.63, 3.8) is 0 Å². The molecule has 0 bridgehead atoms. The second kappa shape index (κ2) is 7.29. The van der Waals surface area contributed by atoms with Crippen LogP contribution in [0, 0.1) is 18.7 Å². The van der Waals surface area contributed by atoms with Gasteiger partial charge in [0.2, 0.25) is 0 Å². The molecule has 0 saturated heterocycles. The molecule has 0 aliphatic heterocycles. The van der Waals surface area contributed by atoms with E-state index < -0.39 is 5.54 Å². The molecule has 7 nitrogen and oxygen atoms in total. The summed E-state index contributed by atoms with van der Waals surface area (Å²) in [5, 5.41) is 15.1. The quantitative estimate of drug-likeness (QED) is 0.462. The monoisotopic (exact) mass is 393 g/mol. The van der Waals surface area contributed by atoms with E-state index in [0.29, 0.717) is 23.9 Å². The lowest BCUT2D eigenvalue weighted by Gasteiger charge is -2.30. The first-order chi connectivity index (χ1) is 13.8. The molecule has 4 aromatic rings. The molecule has 3 heterocycles. The van der Waals surface area contributed by atoms with E-state index in [-0.39, 0.29) is 11.7 Å². The van der Waals surface area contributed by atoms with Gasteiger partial charge in [-0.1, -0.05) is 26.0 Å². The van der Waals surface area contributed by atoms with Crippen LogP contribution in [0.2, 0.25) is 0 Å². The zero-order chi connectivity index (χ0) is 20.6. The van der Waals surface area contributed by atoms with Crippen molar-refractivity contribution in [3.05, 3.63) is 71.6 Å². The second-order valence-corrected chi connectivity index (χ2v) is 7.76. The summed E-state index contributed by atoms with van der Waals surface area (Å²) >= 11 is 0. The summed E-state index contributed by atoms with van der Waals surface area (Å²) in [5.74, 6) is 1.69. The van der Waals surface area contributed by atoms with Crippen LogP contribution in [0.5, 0.6) is 0 Å². The SMILES string of the molecule is Cc1cc(Nc2nc(C(N)(CC(C)C)c3ccc(F)cc3)nn3cccc23)n[nH]1. The highest BCUT2D eigenvalue weighted by atomic mass is 19.1. The van der Waals surface area contributed by atoms with Gasteiger partial charge in [-0.05, 0) is 49.1 Å². The largest absolute Gasteiger partial charge is 0.322 e. The molecular weight excluding hydrogens is 369 g/mol. The van der Waals surface area contributed by atoms with E-state index in [1.165, 1.54) is 12.1 Å². The summed E-state index contributed by atoms with van der Waals surface area (Å²) in [4.78, 5) is 4.79. The fourth-order valence-corrected chi connectivity index (χ4v) is 3.55. The average molecular weight is 393 g/mol. The minimum absolute atomic E-state index is 0.277. The zero-order valence-electron chi connectivity index (χ0n) is 16.6. The highest BCUT2D eigenvalue weighted by Crippen LogP contribution is 2.33. The number of hydrogen-bond acceptors (Lipinski definition) is 5. The van der Waals surface area contributed by atoms with Gasteiger partial charge in [-0.3, -0.25) is 5.10 Å². The van der Waals surface area contributed by atoms with Gasteiger partial charge < -0.3 is 11.1 Å². The predicted molar refractivity (Wildman–Crippen MR) is 110 cm³/mol. The smallest absolute Gasteiger partial charge is 0.176 e. The van der Waals surface area contributed by atoms with Crippen molar-refractivity contribution in [3.8, 4) is 0 Å². The Labute approximate surface area is 168 Å². The molecule has 0 saturated carbocycles. The first kappa shape index (κ1) is 19.1. The van der Waals surface area contributed by atoms with E-state index in [9.17, 15) is 4.39 Å². The zero-order valence-corrected chi connectivity index (χ0v) is 16.6. The minimum atomic E-state index is -0.974. The lowest BCUT2D eigenvalue weighted by Crippen LogP contribution is -2.41. The van der Waals surface area contributed by atoms with Gasteiger partial charge in [-0.25, -0.2) is 13.9 Å². The number of halogens is 1. The standard InChI is InChI=1S/C21H24FN7/c1-13(2)12-21(23,15-6-8-16(22)9-7-15)20-25-19(17-5-4-10-29(17)28-20)24-18-11-14(3)26-27-18/h4-11,13H,12,23H2,1-3H3,(H2,24,25,26,27,28). The van der Waals surface area contributed by atoms with E-state index in [4.69, 9.17) is 10.7 Å². The summed E-state index contributed by atoms with van der Waals surface area (Å²) in [7, 11) is 0. The van der Waals surface area contributed by atoms with E-state index in [0.717, 1.165) is 16.8 Å². The van der Waals surface area contributed by atoms with Crippen molar-refractivity contribution in [1.29, 1.82) is 0 Å². The van der Waals surface area contributed by atoms with Gasteiger partial charge in [-0.15, -0.1) is 0 Å². The number of aryl methyl sites for hydroxylation is 1. The molecule has 0 fully saturated rings. The molecule has 4 N–H and O–H groups in total. The Morgan fingerprint density at radius 1 is 1.24 bits per heavy atom. The number of benzene rings is 1. The van der Waals surface area contributed by atoms with Crippen molar-refractivity contribution >= 4 is 17.2 Å². The van der Waals surface area contributed by atoms with Gasteiger partial charge in [0, 0.05) is 18.0 Å². The van der Waals surface area contributed by atoms with Gasteiger partial charge in [0.25, 0.3) is 0 Å². The van der Waals surface area contributed by atoms with Crippen LogP contribution in [-0.4, -0.2) is 24.8 Å². The summed E-state index contributed by atoms with van der Waals surface area (Å²) in [6.45, 7) is 6.11. The van der Waals surface area contributed by atoms with Crippen LogP contribution in [0.4, 0.5) is 16.0 Å². The molecule has 0 radical (unpaired) electrons. The third-order valence-corrected chi connectivity index (χ3v) is 4.83. The molecule has 4 rings (SSSR count). The number of fused-ring (bicyclic) bond motifs is 1. The Bertz CT molecular complexity index is 1130. The van der Waals surface area contributed by atoms with Crippen LogP contribution in [0.3, 0.4) is 0 Å². The Morgan fingerprint density at radius 3 is 2.66 bits per heavy atom. The average Bonchev–Trinajstić information content (AvgIpc) is 3.30. The maximum Gasteiger partial charge on any atom is 0.176 e. The van der Waals surface area contributed by atoms with E-state index in [1.807, 2.05) is 31.3 Å². The Hall–Kier alpha value is -3.26. The van der Waals surface area contributed by atoms with Crippen LogP contribution in [0.15, 0.2) is 48.7 Å². The van der Waals surface area contributed by atoms with Crippen LogP contribution in [0.1, 0.15) is 37.4 Å².